The highest BCUT2D eigenvalue weighted by Crippen LogP contribution is 2.21. The van der Waals surface area contributed by atoms with Gasteiger partial charge in [-0.3, -0.25) is 0 Å². The van der Waals surface area contributed by atoms with E-state index in [0.717, 1.165) is 6.42 Å². The third-order valence-corrected chi connectivity index (χ3v) is 2.01. The predicted octanol–water partition coefficient (Wildman–Crippen LogP) is 3.31. The van der Waals surface area contributed by atoms with E-state index in [4.69, 9.17) is 0 Å². The van der Waals surface area contributed by atoms with Crippen LogP contribution < -0.4 is 5.32 Å². The lowest BCUT2D eigenvalue weighted by molar-refractivity contribution is 0.544. The first-order valence-corrected chi connectivity index (χ1v) is 4.45. The minimum absolute atomic E-state index is 0.0514. The summed E-state index contributed by atoms with van der Waals surface area (Å²) < 4.78 is 38.7. The van der Waals surface area contributed by atoms with Crippen LogP contribution in [0, 0.1) is 17.5 Å². The minimum Gasteiger partial charge on any atom is -0.378 e. The van der Waals surface area contributed by atoms with Crippen molar-refractivity contribution in [3.63, 3.8) is 0 Å². The Kier molecular flexibility index (Phi) is 3.38. The molecule has 1 atom stereocenters. The van der Waals surface area contributed by atoms with Crippen LogP contribution in [0.25, 0.3) is 0 Å². The molecule has 0 aromatic heterocycles. The Balaban J connectivity index is 2.96. The zero-order valence-electron chi connectivity index (χ0n) is 8.07. The molecule has 0 amide bonds. The molecule has 0 heterocycles. The molecule has 0 aliphatic rings. The summed E-state index contributed by atoms with van der Waals surface area (Å²) in [6, 6.07) is 1.27. The fraction of sp³-hybridized carbons (Fsp3) is 0.400. The summed E-state index contributed by atoms with van der Waals surface area (Å²) in [5.41, 5.74) is -0.263. The molecule has 1 rings (SSSR count). The average molecular weight is 203 g/mol. The lowest BCUT2D eigenvalue weighted by Gasteiger charge is -2.14. The Bertz CT molecular complexity index is 302. The number of benzene rings is 1. The molecule has 14 heavy (non-hydrogen) atoms. The van der Waals surface area contributed by atoms with E-state index >= 15 is 0 Å². The number of anilines is 1. The van der Waals surface area contributed by atoms with Crippen LogP contribution in [0.2, 0.25) is 0 Å². The monoisotopic (exact) mass is 203 g/mol. The van der Waals surface area contributed by atoms with E-state index in [9.17, 15) is 13.2 Å². The molecule has 0 radical (unpaired) electrons. The van der Waals surface area contributed by atoms with Gasteiger partial charge < -0.3 is 5.32 Å². The van der Waals surface area contributed by atoms with Crippen LogP contribution in [0.1, 0.15) is 20.3 Å². The molecule has 1 N–H and O–H groups in total. The first-order chi connectivity index (χ1) is 6.54. The fourth-order valence-corrected chi connectivity index (χ4v) is 1.03. The number of halogens is 3. The van der Waals surface area contributed by atoms with Gasteiger partial charge in [-0.2, -0.15) is 0 Å². The second kappa shape index (κ2) is 4.35. The molecular formula is C10H12F3N. The van der Waals surface area contributed by atoms with Crippen molar-refractivity contribution in [2.45, 2.75) is 26.3 Å². The number of hydrogen-bond acceptors (Lipinski definition) is 1. The van der Waals surface area contributed by atoms with E-state index in [1.165, 1.54) is 0 Å². The zero-order valence-corrected chi connectivity index (χ0v) is 8.07. The molecule has 1 nitrogen and oxygen atoms in total. The third kappa shape index (κ3) is 2.40. The van der Waals surface area contributed by atoms with Crippen molar-refractivity contribution in [2.75, 3.05) is 5.32 Å². The standard InChI is InChI=1S/C10H12F3N/c1-3-6(2)14-10-8(12)4-7(11)5-9(10)13/h4-6,14H,3H2,1-2H3. The van der Waals surface area contributed by atoms with Gasteiger partial charge in [0.25, 0.3) is 0 Å². The molecule has 0 aliphatic carbocycles. The molecule has 1 aromatic carbocycles. The van der Waals surface area contributed by atoms with E-state index in [-0.39, 0.29) is 11.7 Å². The molecule has 0 spiro atoms. The summed E-state index contributed by atoms with van der Waals surface area (Å²) in [5.74, 6) is -2.71. The van der Waals surface area contributed by atoms with Gasteiger partial charge in [0, 0.05) is 18.2 Å². The van der Waals surface area contributed by atoms with E-state index in [2.05, 4.69) is 5.32 Å². The summed E-state index contributed by atoms with van der Waals surface area (Å²) in [6.07, 6.45) is 0.732. The summed E-state index contributed by atoms with van der Waals surface area (Å²) in [4.78, 5) is 0. The van der Waals surface area contributed by atoms with Crippen LogP contribution in [0.15, 0.2) is 12.1 Å². The summed E-state index contributed by atoms with van der Waals surface area (Å²) in [6.45, 7) is 3.68. The highest BCUT2D eigenvalue weighted by atomic mass is 19.1. The second-order valence-electron chi connectivity index (χ2n) is 3.20. The predicted molar refractivity (Wildman–Crippen MR) is 49.7 cm³/mol. The van der Waals surface area contributed by atoms with Gasteiger partial charge in [-0.05, 0) is 13.3 Å². The van der Waals surface area contributed by atoms with Gasteiger partial charge in [-0.25, -0.2) is 13.2 Å². The first kappa shape index (κ1) is 10.9. The van der Waals surface area contributed by atoms with Crippen LogP contribution in [0.4, 0.5) is 18.9 Å². The quantitative estimate of drug-likeness (QED) is 0.794. The Morgan fingerprint density at radius 1 is 1.21 bits per heavy atom. The normalized spacial score (nSPS) is 12.6. The smallest absolute Gasteiger partial charge is 0.152 e. The fourth-order valence-electron chi connectivity index (χ4n) is 1.03. The number of rotatable bonds is 3. The van der Waals surface area contributed by atoms with Crippen molar-refractivity contribution in [3.8, 4) is 0 Å². The molecular weight excluding hydrogens is 191 g/mol. The Hall–Kier alpha value is -1.19. The summed E-state index contributed by atoms with van der Waals surface area (Å²) >= 11 is 0. The molecule has 0 aliphatic heterocycles. The molecule has 0 saturated carbocycles. The lowest BCUT2D eigenvalue weighted by Crippen LogP contribution is -2.15. The highest BCUT2D eigenvalue weighted by Gasteiger charge is 2.12. The topological polar surface area (TPSA) is 12.0 Å². The number of nitrogens with one attached hydrogen (secondary N) is 1. The highest BCUT2D eigenvalue weighted by molar-refractivity contribution is 5.47. The minimum atomic E-state index is -0.908. The maximum Gasteiger partial charge on any atom is 0.152 e. The van der Waals surface area contributed by atoms with Crippen molar-refractivity contribution in [1.82, 2.24) is 0 Å². The van der Waals surface area contributed by atoms with Gasteiger partial charge >= 0.3 is 0 Å². The Morgan fingerprint density at radius 3 is 2.14 bits per heavy atom. The molecule has 4 heteroatoms. The van der Waals surface area contributed by atoms with Gasteiger partial charge in [0.15, 0.2) is 11.6 Å². The number of hydrogen-bond donors (Lipinski definition) is 1. The van der Waals surface area contributed by atoms with Crippen molar-refractivity contribution < 1.29 is 13.2 Å². The molecule has 0 saturated heterocycles. The maximum absolute atomic E-state index is 13.1. The second-order valence-corrected chi connectivity index (χ2v) is 3.20. The van der Waals surface area contributed by atoms with Gasteiger partial charge in [0.2, 0.25) is 0 Å². The molecule has 1 unspecified atom stereocenters. The molecule has 1 aromatic rings. The van der Waals surface area contributed by atoms with E-state index in [1.807, 2.05) is 6.92 Å². The van der Waals surface area contributed by atoms with E-state index < -0.39 is 17.5 Å². The Morgan fingerprint density at radius 2 is 1.71 bits per heavy atom. The van der Waals surface area contributed by atoms with Crippen molar-refractivity contribution >= 4 is 5.69 Å². The average Bonchev–Trinajstić information content (AvgIpc) is 2.10. The molecule has 78 valence electrons. The van der Waals surface area contributed by atoms with Crippen molar-refractivity contribution in [2.24, 2.45) is 0 Å². The van der Waals surface area contributed by atoms with E-state index in [0.29, 0.717) is 12.1 Å². The van der Waals surface area contributed by atoms with Crippen molar-refractivity contribution in [3.05, 3.63) is 29.6 Å². The SMILES string of the molecule is CCC(C)Nc1c(F)cc(F)cc1F. The molecule has 0 bridgehead atoms. The maximum atomic E-state index is 13.1. The van der Waals surface area contributed by atoms with Crippen LogP contribution in [-0.4, -0.2) is 6.04 Å². The van der Waals surface area contributed by atoms with Crippen LogP contribution >= 0.6 is 0 Å². The Labute approximate surface area is 80.9 Å². The zero-order chi connectivity index (χ0) is 10.7. The van der Waals surface area contributed by atoms with Gasteiger partial charge in [-0.15, -0.1) is 0 Å². The van der Waals surface area contributed by atoms with Crippen LogP contribution in [0.3, 0.4) is 0 Å². The van der Waals surface area contributed by atoms with Crippen molar-refractivity contribution in [1.29, 1.82) is 0 Å². The van der Waals surface area contributed by atoms with Crippen LogP contribution in [0.5, 0.6) is 0 Å². The van der Waals surface area contributed by atoms with E-state index in [1.54, 1.807) is 6.92 Å². The largest absolute Gasteiger partial charge is 0.378 e. The molecule has 0 fully saturated rings. The van der Waals surface area contributed by atoms with Gasteiger partial charge in [-0.1, -0.05) is 6.92 Å². The van der Waals surface area contributed by atoms with Gasteiger partial charge in [0.05, 0.1) is 0 Å². The lowest BCUT2D eigenvalue weighted by atomic mass is 10.2. The van der Waals surface area contributed by atoms with Gasteiger partial charge in [0.1, 0.15) is 11.5 Å². The summed E-state index contributed by atoms with van der Waals surface area (Å²) in [5, 5.41) is 2.64. The van der Waals surface area contributed by atoms with Crippen LogP contribution in [-0.2, 0) is 0 Å². The summed E-state index contributed by atoms with van der Waals surface area (Å²) in [7, 11) is 0. The third-order valence-electron chi connectivity index (χ3n) is 2.01. The first-order valence-electron chi connectivity index (χ1n) is 4.45.